The van der Waals surface area contributed by atoms with E-state index in [0.29, 0.717) is 65.1 Å². The number of nitrogens with two attached hydrogens (primary N) is 1. The molecule has 5 aromatic carbocycles. The van der Waals surface area contributed by atoms with Gasteiger partial charge in [0.1, 0.15) is 28.7 Å². The maximum absolute atomic E-state index is 7.82. The number of fused-ring (bicyclic) bond motifs is 10. The number of hydrogen-bond donors (Lipinski definition) is 1. The van der Waals surface area contributed by atoms with E-state index in [1.54, 1.807) is 0 Å². The Bertz CT molecular complexity index is 3250. The predicted molar refractivity (Wildman–Crippen MR) is 604 cm³/mol. The highest BCUT2D eigenvalue weighted by atomic mass is 16.5. The third-order valence-corrected chi connectivity index (χ3v) is 30.3. The average Bonchev–Trinajstić information content (AvgIpc) is 0.761. The minimum absolute atomic E-state index is 0.170. The lowest BCUT2D eigenvalue weighted by molar-refractivity contribution is 0.292. The Morgan fingerprint density at radius 2 is 0.263 bits per heavy atom. The first kappa shape index (κ1) is 121. The van der Waals surface area contributed by atoms with E-state index in [1.165, 1.54) is 462 Å². The molecule has 10 bridgehead atoms. The van der Waals surface area contributed by atoms with Gasteiger partial charge in [-0.15, -0.1) is 0 Å². The third-order valence-electron chi connectivity index (χ3n) is 30.3. The normalized spacial score (nSPS) is 12.9. The van der Waals surface area contributed by atoms with Crippen LogP contribution >= 0.6 is 0 Å². The van der Waals surface area contributed by atoms with Crippen LogP contribution < -0.4 is 29.4 Å². The molecule has 137 heavy (non-hydrogen) atoms. The summed E-state index contributed by atoms with van der Waals surface area (Å²) in [6.07, 6.45) is 90.0. The lowest BCUT2D eigenvalue weighted by Gasteiger charge is -2.29. The van der Waals surface area contributed by atoms with Crippen molar-refractivity contribution in [3.05, 3.63) is 144 Å². The van der Waals surface area contributed by atoms with Crippen molar-refractivity contribution in [3.63, 3.8) is 0 Å². The molecule has 0 saturated heterocycles. The molecule has 0 fully saturated rings. The fourth-order valence-corrected chi connectivity index (χ4v) is 20.9. The molecule has 0 saturated carbocycles. The van der Waals surface area contributed by atoms with Gasteiger partial charge >= 0.3 is 0 Å². The number of ether oxygens (including phenoxy) is 5. The first-order chi connectivity index (χ1) is 66.1. The molecule has 5 aromatic rings. The molecule has 0 aromatic heterocycles. The van der Waals surface area contributed by atoms with Crippen molar-refractivity contribution in [1.29, 1.82) is 0 Å². The van der Waals surface area contributed by atoms with Crippen LogP contribution in [0.15, 0.2) is 60.7 Å². The van der Waals surface area contributed by atoms with Gasteiger partial charge in [-0.25, -0.2) is 0 Å². The quantitative estimate of drug-likeness (QED) is 0.0384. The Kier molecular flexibility index (Phi) is 62.3. The third kappa shape index (κ3) is 50.9. The lowest BCUT2D eigenvalue weighted by atomic mass is 9.79. The van der Waals surface area contributed by atoms with Crippen LogP contribution in [0.3, 0.4) is 0 Å². The highest BCUT2D eigenvalue weighted by Gasteiger charge is 2.32. The van der Waals surface area contributed by atoms with Crippen molar-refractivity contribution in [2.45, 2.75) is 615 Å². The van der Waals surface area contributed by atoms with Gasteiger partial charge in [0.15, 0.2) is 0 Å². The van der Waals surface area contributed by atoms with Crippen molar-refractivity contribution in [2.24, 2.45) is 5.73 Å². The number of benzene rings is 5. The van der Waals surface area contributed by atoms with Gasteiger partial charge in [0.25, 0.3) is 0 Å². The van der Waals surface area contributed by atoms with Gasteiger partial charge in [-0.3, -0.25) is 0 Å². The van der Waals surface area contributed by atoms with Crippen LogP contribution in [0, 0.1) is 0 Å². The second-order valence-corrected chi connectivity index (χ2v) is 48.7. The summed E-state index contributed by atoms with van der Waals surface area (Å²) in [5.74, 6) is 5.27. The molecule has 6 rings (SSSR count). The van der Waals surface area contributed by atoms with Crippen molar-refractivity contribution < 1.29 is 23.7 Å². The van der Waals surface area contributed by atoms with E-state index in [4.69, 9.17) is 29.4 Å². The summed E-state index contributed by atoms with van der Waals surface area (Å²) >= 11 is 0. The number of hydrogen-bond acceptors (Lipinski definition) is 6. The Hall–Kier alpha value is -4.94. The largest absolute Gasteiger partial charge is 0.493 e. The summed E-state index contributed by atoms with van der Waals surface area (Å²) in [5, 5.41) is 0. The van der Waals surface area contributed by atoms with Gasteiger partial charge in [-0.2, -0.15) is 0 Å². The molecule has 2 N–H and O–H groups in total. The summed E-state index contributed by atoms with van der Waals surface area (Å²) in [6, 6.07) is 25.8. The number of unbranched alkanes of at least 4 members (excludes halogenated alkanes) is 61. The molecule has 0 aliphatic heterocycles. The molecule has 6 heteroatoms. The SMILES string of the molecule is CCCCCCCCCCCCCCCCOc1c2cc(C(C)(C)C)cc1Cc1cc(C(C)(C)C)cc(c1OCCCCCCCCCCCCCCCC)Cc1cc(C(C)(C)C)cc(c1OCCCCCCCCCCCCCCCC)Cc1cc(C(C)(C)C)cc(c1OCCCCCCCCCCCCCCCC)Cc1cc(C(C)(C)C)cc(c1OCCCCCCCCCCCCN)C2. The molecule has 0 unspecified atom stereocenters. The summed E-state index contributed by atoms with van der Waals surface area (Å²) in [5.41, 5.74) is 24.4. The first-order valence-corrected chi connectivity index (χ1v) is 59.8. The molecule has 0 heterocycles. The van der Waals surface area contributed by atoms with Gasteiger partial charge in [0.05, 0.1) is 33.0 Å². The maximum Gasteiger partial charge on any atom is 0.126 e. The van der Waals surface area contributed by atoms with Crippen molar-refractivity contribution in [3.8, 4) is 28.7 Å². The van der Waals surface area contributed by atoms with Crippen LogP contribution in [-0.4, -0.2) is 39.6 Å². The molecular formula is C131H223NO5. The van der Waals surface area contributed by atoms with Crippen molar-refractivity contribution in [2.75, 3.05) is 39.6 Å². The second kappa shape index (κ2) is 70.7. The maximum atomic E-state index is 7.82. The molecule has 0 radical (unpaired) electrons. The van der Waals surface area contributed by atoms with Gasteiger partial charge < -0.3 is 29.4 Å². The molecule has 0 atom stereocenters. The Balaban J connectivity index is 1.63. The molecule has 0 amide bonds. The fourth-order valence-electron chi connectivity index (χ4n) is 20.9. The topological polar surface area (TPSA) is 72.2 Å². The molecule has 1 aliphatic carbocycles. The zero-order valence-corrected chi connectivity index (χ0v) is 94.3. The smallest absolute Gasteiger partial charge is 0.126 e. The van der Waals surface area contributed by atoms with Gasteiger partial charge in [0, 0.05) is 32.1 Å². The average molecular weight is 1890 g/mol. The summed E-state index contributed by atoms with van der Waals surface area (Å²) in [6.45, 7) is 50.1. The molecular weight excluding hydrogens is 1670 g/mol. The molecule has 6 nitrogen and oxygen atoms in total. The minimum atomic E-state index is -0.171. The van der Waals surface area contributed by atoms with Crippen LogP contribution in [0.4, 0.5) is 0 Å². The Morgan fingerprint density at radius 3 is 0.365 bits per heavy atom. The van der Waals surface area contributed by atoms with Crippen LogP contribution in [-0.2, 0) is 59.2 Å². The molecule has 782 valence electrons. The van der Waals surface area contributed by atoms with Gasteiger partial charge in [-0.1, -0.05) is 577 Å². The Morgan fingerprint density at radius 1 is 0.161 bits per heavy atom. The lowest BCUT2D eigenvalue weighted by Crippen LogP contribution is -2.18. The van der Waals surface area contributed by atoms with E-state index in [0.717, 1.165) is 80.2 Å². The highest BCUT2D eigenvalue weighted by molar-refractivity contribution is 5.61. The highest BCUT2D eigenvalue weighted by Crippen LogP contribution is 2.47. The molecule has 1 aliphatic rings. The van der Waals surface area contributed by atoms with E-state index >= 15 is 0 Å². The van der Waals surface area contributed by atoms with Gasteiger partial charge in [0.2, 0.25) is 0 Å². The van der Waals surface area contributed by atoms with Crippen molar-refractivity contribution in [1.82, 2.24) is 0 Å². The van der Waals surface area contributed by atoms with Crippen molar-refractivity contribution >= 4 is 0 Å². The zero-order chi connectivity index (χ0) is 99.1. The van der Waals surface area contributed by atoms with E-state index in [1.807, 2.05) is 0 Å². The van der Waals surface area contributed by atoms with Crippen LogP contribution in [0.1, 0.15) is 639 Å². The summed E-state index contributed by atoms with van der Waals surface area (Å²) in [4.78, 5) is 0. The summed E-state index contributed by atoms with van der Waals surface area (Å²) in [7, 11) is 0. The standard InChI is InChI=1S/C131H223NO5/c1-20-24-28-32-36-40-44-48-52-57-63-69-75-81-87-133-122-107-92-108-98-118(128(8,9)10)100-110(123(108)134-88-82-76-70-64-58-53-49-45-41-37-33-29-25-21-2)94-112-102-120(130(14,15)16)104-114(125(112)136-90-84-78-72-66-60-55-51-47-43-39-35-31-27-23-4)96-116-106-121(131(17,18)19)105-115(126(116)137-91-85-79-73-67-61-56-62-68-74-80-86-132)95-113-103-119(129(11,12)13)101-111(93-109(122)99-117(97-107)127(5,6)7)124(113)135-89-83-77-71-65-59-54-50-46-42-38-34-30-26-22-3/h97-106H,20-96,132H2,1-19H3. The minimum Gasteiger partial charge on any atom is -0.493 e. The van der Waals surface area contributed by atoms with Gasteiger partial charge in [-0.05, 0) is 156 Å². The summed E-state index contributed by atoms with van der Waals surface area (Å²) < 4.78 is 39.1. The van der Waals surface area contributed by atoms with E-state index < -0.39 is 0 Å². The zero-order valence-electron chi connectivity index (χ0n) is 94.3. The van der Waals surface area contributed by atoms with Crippen LogP contribution in [0.5, 0.6) is 28.7 Å². The van der Waals surface area contributed by atoms with E-state index in [9.17, 15) is 0 Å². The molecule has 0 spiro atoms. The monoisotopic (exact) mass is 1890 g/mol. The number of rotatable bonds is 77. The van der Waals surface area contributed by atoms with E-state index in [2.05, 4.69) is 192 Å². The van der Waals surface area contributed by atoms with Crippen LogP contribution in [0.2, 0.25) is 0 Å². The van der Waals surface area contributed by atoms with Crippen LogP contribution in [0.25, 0.3) is 0 Å². The Labute approximate surface area is 850 Å². The van der Waals surface area contributed by atoms with E-state index in [-0.39, 0.29) is 27.1 Å². The second-order valence-electron chi connectivity index (χ2n) is 48.7. The fraction of sp³-hybridized carbons (Fsp3) is 0.771. The first-order valence-electron chi connectivity index (χ1n) is 59.8. The predicted octanol–water partition coefficient (Wildman–Crippen LogP) is 41.1.